The molecule has 152 valence electrons. The first kappa shape index (κ1) is 19.7. The number of rotatable bonds is 5. The van der Waals surface area contributed by atoms with Crippen molar-refractivity contribution in [2.75, 3.05) is 25.5 Å². The molecule has 3 aromatic rings. The molecular weight excluding hydrogens is 380 g/mol. The SMILES string of the molecule is COC1CN(C(=O)c2cccc(-c3cnc(C)c(C(=O)Nc4ccccc4)n3)c2)C1. The summed E-state index contributed by atoms with van der Waals surface area (Å²) >= 11 is 0. The van der Waals surface area contributed by atoms with Crippen LogP contribution in [0.3, 0.4) is 0 Å². The summed E-state index contributed by atoms with van der Waals surface area (Å²) < 4.78 is 5.23. The summed E-state index contributed by atoms with van der Waals surface area (Å²) in [5.41, 5.74) is 3.30. The maximum absolute atomic E-state index is 12.7. The number of carbonyl (C=O) groups is 2. The molecule has 7 heteroatoms. The van der Waals surface area contributed by atoms with Gasteiger partial charge in [0.05, 0.1) is 23.7 Å². The van der Waals surface area contributed by atoms with Gasteiger partial charge < -0.3 is 15.0 Å². The van der Waals surface area contributed by atoms with Crippen LogP contribution in [-0.4, -0.2) is 53.0 Å². The molecule has 0 unspecified atom stereocenters. The summed E-state index contributed by atoms with van der Waals surface area (Å²) in [6.07, 6.45) is 1.72. The van der Waals surface area contributed by atoms with Crippen LogP contribution >= 0.6 is 0 Å². The lowest BCUT2D eigenvalue weighted by Crippen LogP contribution is -2.54. The molecule has 0 aliphatic carbocycles. The van der Waals surface area contributed by atoms with Gasteiger partial charge in [0.15, 0.2) is 0 Å². The third-order valence-corrected chi connectivity index (χ3v) is 5.08. The molecule has 2 aromatic carbocycles. The van der Waals surface area contributed by atoms with E-state index in [0.29, 0.717) is 35.7 Å². The Labute approximate surface area is 174 Å². The Kier molecular flexibility index (Phi) is 5.54. The third kappa shape index (κ3) is 4.06. The topological polar surface area (TPSA) is 84.4 Å². The smallest absolute Gasteiger partial charge is 0.276 e. The van der Waals surface area contributed by atoms with Gasteiger partial charge in [-0.25, -0.2) is 4.98 Å². The molecule has 0 saturated carbocycles. The number of ether oxygens (including phenoxy) is 1. The molecule has 30 heavy (non-hydrogen) atoms. The molecule has 7 nitrogen and oxygen atoms in total. The minimum atomic E-state index is -0.327. The fraction of sp³-hybridized carbons (Fsp3) is 0.217. The number of amides is 2. The Morgan fingerprint density at radius 3 is 2.60 bits per heavy atom. The van der Waals surface area contributed by atoms with Gasteiger partial charge in [-0.3, -0.25) is 14.6 Å². The van der Waals surface area contributed by atoms with Crippen molar-refractivity contribution in [2.45, 2.75) is 13.0 Å². The van der Waals surface area contributed by atoms with E-state index >= 15 is 0 Å². The number of para-hydroxylation sites is 1. The first-order valence-electron chi connectivity index (χ1n) is 9.67. The van der Waals surface area contributed by atoms with Crippen LogP contribution in [0.1, 0.15) is 26.5 Å². The average molecular weight is 402 g/mol. The molecule has 1 aromatic heterocycles. The quantitative estimate of drug-likeness (QED) is 0.709. The molecule has 0 spiro atoms. The molecule has 2 amide bonds. The number of hydrogen-bond acceptors (Lipinski definition) is 5. The highest BCUT2D eigenvalue weighted by molar-refractivity contribution is 6.04. The maximum Gasteiger partial charge on any atom is 0.276 e. The van der Waals surface area contributed by atoms with Gasteiger partial charge in [-0.15, -0.1) is 0 Å². The summed E-state index contributed by atoms with van der Waals surface area (Å²) in [6.45, 7) is 2.92. The second-order valence-corrected chi connectivity index (χ2v) is 7.16. The Morgan fingerprint density at radius 2 is 1.87 bits per heavy atom. The molecule has 1 aliphatic heterocycles. The summed E-state index contributed by atoms with van der Waals surface area (Å²) in [6, 6.07) is 16.4. The lowest BCUT2D eigenvalue weighted by Gasteiger charge is -2.38. The number of aryl methyl sites for hydroxylation is 1. The molecule has 2 heterocycles. The van der Waals surface area contributed by atoms with E-state index in [1.165, 1.54) is 0 Å². The highest BCUT2D eigenvalue weighted by Gasteiger charge is 2.31. The van der Waals surface area contributed by atoms with Gasteiger partial charge in [0, 0.05) is 37.0 Å². The molecule has 0 atom stereocenters. The van der Waals surface area contributed by atoms with Gasteiger partial charge in [-0.2, -0.15) is 0 Å². The number of anilines is 1. The number of nitrogens with zero attached hydrogens (tertiary/aromatic N) is 3. The lowest BCUT2D eigenvalue weighted by atomic mass is 10.0. The molecule has 1 saturated heterocycles. The van der Waals surface area contributed by atoms with Gasteiger partial charge >= 0.3 is 0 Å². The highest BCUT2D eigenvalue weighted by atomic mass is 16.5. The van der Waals surface area contributed by atoms with E-state index in [-0.39, 0.29) is 23.6 Å². The van der Waals surface area contributed by atoms with E-state index in [4.69, 9.17) is 4.74 Å². The van der Waals surface area contributed by atoms with Crippen molar-refractivity contribution >= 4 is 17.5 Å². The van der Waals surface area contributed by atoms with Crippen molar-refractivity contribution < 1.29 is 14.3 Å². The molecule has 0 radical (unpaired) electrons. The standard InChI is InChI=1S/C23H22N4O3/c1-15-21(22(28)25-18-9-4-3-5-10-18)26-20(12-24-15)16-7-6-8-17(11-16)23(29)27-13-19(14-27)30-2/h3-12,19H,13-14H2,1-2H3,(H,25,28). The Hall–Kier alpha value is -3.58. The molecule has 1 aliphatic rings. The number of methoxy groups -OCH3 is 1. The Balaban J connectivity index is 1.57. The summed E-state index contributed by atoms with van der Waals surface area (Å²) in [7, 11) is 1.65. The van der Waals surface area contributed by atoms with Crippen LogP contribution < -0.4 is 5.32 Å². The van der Waals surface area contributed by atoms with Gasteiger partial charge in [0.25, 0.3) is 11.8 Å². The van der Waals surface area contributed by atoms with Crippen molar-refractivity contribution in [3.05, 3.63) is 77.7 Å². The Bertz CT molecular complexity index is 1080. The van der Waals surface area contributed by atoms with E-state index in [0.717, 1.165) is 5.56 Å². The Morgan fingerprint density at radius 1 is 1.10 bits per heavy atom. The lowest BCUT2D eigenvalue weighted by molar-refractivity contribution is -0.0191. The predicted molar refractivity (Wildman–Crippen MR) is 113 cm³/mol. The minimum absolute atomic E-state index is 0.0488. The number of aromatic nitrogens is 2. The largest absolute Gasteiger partial charge is 0.378 e. The van der Waals surface area contributed by atoms with Crippen molar-refractivity contribution in [3.63, 3.8) is 0 Å². The van der Waals surface area contributed by atoms with E-state index in [2.05, 4.69) is 15.3 Å². The summed E-state index contributed by atoms with van der Waals surface area (Å²) in [4.78, 5) is 36.0. The van der Waals surface area contributed by atoms with Gasteiger partial charge in [-0.05, 0) is 31.2 Å². The summed E-state index contributed by atoms with van der Waals surface area (Å²) in [5.74, 6) is -0.376. The van der Waals surface area contributed by atoms with Crippen LogP contribution in [-0.2, 0) is 4.74 Å². The molecular formula is C23H22N4O3. The first-order valence-corrected chi connectivity index (χ1v) is 9.67. The number of nitrogens with one attached hydrogen (secondary N) is 1. The van der Waals surface area contributed by atoms with Crippen LogP contribution in [0.15, 0.2) is 60.8 Å². The predicted octanol–water partition coefficient (Wildman–Crippen LogP) is 3.18. The zero-order valence-electron chi connectivity index (χ0n) is 16.8. The fourth-order valence-electron chi connectivity index (χ4n) is 3.26. The van der Waals surface area contributed by atoms with E-state index in [1.807, 2.05) is 36.4 Å². The van der Waals surface area contributed by atoms with Crippen molar-refractivity contribution in [1.82, 2.24) is 14.9 Å². The second-order valence-electron chi connectivity index (χ2n) is 7.16. The van der Waals surface area contributed by atoms with Crippen LogP contribution in [0.4, 0.5) is 5.69 Å². The van der Waals surface area contributed by atoms with Crippen LogP contribution in [0.5, 0.6) is 0 Å². The number of hydrogen-bond donors (Lipinski definition) is 1. The van der Waals surface area contributed by atoms with E-state index < -0.39 is 0 Å². The van der Waals surface area contributed by atoms with Gasteiger partial charge in [-0.1, -0.05) is 30.3 Å². The number of likely N-dealkylation sites (tertiary alicyclic amines) is 1. The molecule has 4 rings (SSSR count). The average Bonchev–Trinajstić information content (AvgIpc) is 2.74. The van der Waals surface area contributed by atoms with Crippen LogP contribution in [0.2, 0.25) is 0 Å². The first-order chi connectivity index (χ1) is 14.5. The van der Waals surface area contributed by atoms with Gasteiger partial charge in [0.1, 0.15) is 5.69 Å². The third-order valence-electron chi connectivity index (χ3n) is 5.08. The van der Waals surface area contributed by atoms with Crippen molar-refractivity contribution in [1.29, 1.82) is 0 Å². The normalized spacial score (nSPS) is 13.6. The van der Waals surface area contributed by atoms with Crippen LogP contribution in [0.25, 0.3) is 11.3 Å². The van der Waals surface area contributed by atoms with Crippen molar-refractivity contribution in [3.8, 4) is 11.3 Å². The maximum atomic E-state index is 12.7. The zero-order chi connectivity index (χ0) is 21.1. The molecule has 0 bridgehead atoms. The van der Waals surface area contributed by atoms with Crippen LogP contribution in [0, 0.1) is 6.92 Å². The highest BCUT2D eigenvalue weighted by Crippen LogP contribution is 2.22. The molecule has 1 N–H and O–H groups in total. The monoisotopic (exact) mass is 402 g/mol. The van der Waals surface area contributed by atoms with Gasteiger partial charge in [0.2, 0.25) is 0 Å². The fourth-order valence-corrected chi connectivity index (χ4v) is 3.26. The zero-order valence-corrected chi connectivity index (χ0v) is 16.8. The van der Waals surface area contributed by atoms with Crippen molar-refractivity contribution in [2.24, 2.45) is 0 Å². The number of carbonyl (C=O) groups excluding carboxylic acids is 2. The minimum Gasteiger partial charge on any atom is -0.378 e. The number of benzene rings is 2. The summed E-state index contributed by atoms with van der Waals surface area (Å²) in [5, 5.41) is 2.83. The van der Waals surface area contributed by atoms with E-state index in [1.54, 1.807) is 43.3 Å². The molecule has 1 fully saturated rings. The second kappa shape index (κ2) is 8.42. The van der Waals surface area contributed by atoms with E-state index in [9.17, 15) is 9.59 Å².